The Morgan fingerprint density at radius 3 is 1.73 bits per heavy atom. The molecule has 4 nitrogen and oxygen atoms in total. The van der Waals surface area contributed by atoms with Crippen molar-refractivity contribution in [2.45, 2.75) is 0 Å². The Morgan fingerprint density at radius 2 is 1.45 bits per heavy atom. The van der Waals surface area contributed by atoms with Gasteiger partial charge in [0.25, 0.3) is 0 Å². The average Bonchev–Trinajstić information content (AvgIpc) is 2.04. The Labute approximate surface area is 74.6 Å². The molecule has 0 unspecified atom stereocenters. The molecule has 0 aromatic heterocycles. The summed E-state index contributed by atoms with van der Waals surface area (Å²) in [4.78, 5) is 20.1. The Hall–Kier alpha value is -0.265. The van der Waals surface area contributed by atoms with Gasteiger partial charge in [-0.1, -0.05) is 0 Å². The van der Waals surface area contributed by atoms with E-state index in [1.54, 1.807) is 0 Å². The molecule has 0 spiro atoms. The molecule has 0 aliphatic heterocycles. The van der Waals surface area contributed by atoms with Crippen molar-refractivity contribution < 1.29 is 49.1 Å². The Bertz CT molecular complexity index is 135. The van der Waals surface area contributed by atoms with Crippen molar-refractivity contribution in [2.75, 3.05) is 13.3 Å². The maximum atomic E-state index is 11.3. The van der Waals surface area contributed by atoms with Crippen molar-refractivity contribution in [3.05, 3.63) is 0 Å². The molecule has 0 saturated heterocycles. The van der Waals surface area contributed by atoms with Crippen LogP contribution in [-0.2, 0) is 40.4 Å². The van der Waals surface area contributed by atoms with Gasteiger partial charge in [0.1, 0.15) is 0 Å². The van der Waals surface area contributed by atoms with Crippen molar-refractivity contribution in [1.29, 1.82) is 0 Å². The fourth-order valence-corrected chi connectivity index (χ4v) is 2.09. The zero-order chi connectivity index (χ0) is 8.69. The van der Waals surface area contributed by atoms with Gasteiger partial charge < -0.3 is 0 Å². The van der Waals surface area contributed by atoms with Crippen LogP contribution in [0.15, 0.2) is 0 Å². The van der Waals surface area contributed by atoms with Crippen molar-refractivity contribution >= 4 is 11.9 Å². The van der Waals surface area contributed by atoms with E-state index in [1.165, 1.54) is 0 Å². The van der Waals surface area contributed by atoms with Crippen LogP contribution in [0.2, 0.25) is 0 Å². The molecular formula is C4H4F2HgO4. The second kappa shape index (κ2) is 6.45. The average molecular weight is 355 g/mol. The van der Waals surface area contributed by atoms with Crippen LogP contribution in [0.3, 0.4) is 0 Å². The number of hydrogen-bond acceptors (Lipinski definition) is 4. The number of hydrogen-bond donors (Lipinski definition) is 0. The van der Waals surface area contributed by atoms with Gasteiger partial charge in [0.15, 0.2) is 0 Å². The number of alkyl halides is 2. The van der Waals surface area contributed by atoms with Crippen LogP contribution in [0.5, 0.6) is 0 Å². The van der Waals surface area contributed by atoms with Crippen LogP contribution in [0.4, 0.5) is 8.78 Å². The van der Waals surface area contributed by atoms with E-state index in [2.05, 4.69) is 5.29 Å². The first-order valence-electron chi connectivity index (χ1n) is 2.64. The molecule has 0 atom stereocenters. The molecule has 0 N–H and O–H groups in total. The topological polar surface area (TPSA) is 52.6 Å². The molecule has 60 valence electrons. The molecule has 0 amide bonds. The summed E-state index contributed by atoms with van der Waals surface area (Å²) in [6, 6.07) is 0. The molecule has 0 heterocycles. The molecule has 0 rings (SSSR count). The van der Waals surface area contributed by atoms with Crippen LogP contribution in [-0.4, -0.2) is 25.3 Å². The van der Waals surface area contributed by atoms with Gasteiger partial charge in [-0.15, -0.1) is 0 Å². The first-order valence-corrected chi connectivity index (χ1v) is 7.12. The predicted molar refractivity (Wildman–Crippen MR) is 24.1 cm³/mol. The van der Waals surface area contributed by atoms with Crippen LogP contribution in [0.1, 0.15) is 0 Å². The van der Waals surface area contributed by atoms with Crippen molar-refractivity contribution in [2.24, 2.45) is 0 Å². The minimum atomic E-state index is -2.57. The van der Waals surface area contributed by atoms with Crippen LogP contribution >= 0.6 is 0 Å². The van der Waals surface area contributed by atoms with Crippen molar-refractivity contribution in [3.8, 4) is 0 Å². The molecule has 11 heavy (non-hydrogen) atoms. The van der Waals surface area contributed by atoms with Gasteiger partial charge in [-0.05, 0) is 0 Å². The van der Waals surface area contributed by atoms with Gasteiger partial charge in [-0.2, -0.15) is 0 Å². The van der Waals surface area contributed by atoms with E-state index >= 15 is 0 Å². The second-order valence-electron chi connectivity index (χ2n) is 1.42. The Balaban J connectivity index is 3.27. The van der Waals surface area contributed by atoms with Crippen LogP contribution in [0, 0.1) is 0 Å². The first kappa shape index (κ1) is 10.7. The summed E-state index contributed by atoms with van der Waals surface area (Å²) >= 11 is -2.57. The quantitative estimate of drug-likeness (QED) is 0.663. The summed E-state index contributed by atoms with van der Waals surface area (Å²) in [5, 5.41) is 0. The number of halogens is 2. The van der Waals surface area contributed by atoms with Crippen LogP contribution in [0.25, 0.3) is 0 Å². The predicted octanol–water partition coefficient (Wildman–Crippen LogP) is -0.0757. The molecule has 0 fully saturated rings. The SMILES string of the molecule is O=C(CF)[O][Hg][O]C(=O)CF. The summed E-state index contributed by atoms with van der Waals surface area (Å²) in [7, 11) is 0. The van der Waals surface area contributed by atoms with Gasteiger partial charge in [0, 0.05) is 0 Å². The third kappa shape index (κ3) is 6.15. The molecule has 0 saturated carbocycles. The zero-order valence-electron chi connectivity index (χ0n) is 5.51. The molecular weight excluding hydrogens is 351 g/mol. The summed E-state index contributed by atoms with van der Waals surface area (Å²) < 4.78 is 31.0. The molecule has 0 bridgehead atoms. The van der Waals surface area contributed by atoms with E-state index in [1.807, 2.05) is 0 Å². The first-order chi connectivity index (χ1) is 5.20. The molecule has 0 aliphatic carbocycles. The van der Waals surface area contributed by atoms with E-state index in [-0.39, 0.29) is 0 Å². The zero-order valence-corrected chi connectivity index (χ0v) is 11.0. The van der Waals surface area contributed by atoms with E-state index < -0.39 is 50.8 Å². The summed E-state index contributed by atoms with van der Waals surface area (Å²) in [6.45, 7) is -2.49. The van der Waals surface area contributed by atoms with Gasteiger partial charge in [0.2, 0.25) is 0 Å². The molecule has 0 aromatic rings. The second-order valence-corrected chi connectivity index (χ2v) is 4.58. The monoisotopic (exact) mass is 356 g/mol. The summed E-state index contributed by atoms with van der Waals surface area (Å²) in [5.41, 5.74) is 0. The minimum absolute atomic E-state index is 1.06. The van der Waals surface area contributed by atoms with Crippen molar-refractivity contribution in [3.63, 3.8) is 0 Å². The van der Waals surface area contributed by atoms with Gasteiger partial charge >= 0.3 is 74.4 Å². The van der Waals surface area contributed by atoms with E-state index in [0.717, 1.165) is 0 Å². The van der Waals surface area contributed by atoms with Crippen LogP contribution < -0.4 is 0 Å². The standard InChI is InChI=1S/2C2H3FO2.Hg/c2*3-1-2(4)5;/h2*1H2,(H,4,5);/q;;+2/p-2. The maximum absolute atomic E-state index is 11.3. The van der Waals surface area contributed by atoms with E-state index in [4.69, 9.17) is 0 Å². The molecule has 7 heteroatoms. The molecule has 0 radical (unpaired) electrons. The van der Waals surface area contributed by atoms with Gasteiger partial charge in [-0.3, -0.25) is 0 Å². The molecule has 0 aliphatic rings. The third-order valence-electron chi connectivity index (χ3n) is 0.658. The fraction of sp³-hybridized carbons (Fsp3) is 0.500. The summed E-state index contributed by atoms with van der Waals surface area (Å²) in [5.74, 6) is -2.11. The Kier molecular flexibility index (Phi) is 6.29. The van der Waals surface area contributed by atoms with E-state index in [9.17, 15) is 18.4 Å². The van der Waals surface area contributed by atoms with Crippen molar-refractivity contribution in [1.82, 2.24) is 0 Å². The normalized spacial score (nSPS) is 8.18. The van der Waals surface area contributed by atoms with Gasteiger partial charge in [-0.25, -0.2) is 0 Å². The number of carbonyl (C=O) groups is 2. The number of rotatable bonds is 4. The Morgan fingerprint density at radius 1 is 1.09 bits per heavy atom. The summed E-state index contributed by atoms with van der Waals surface area (Å²) in [6.07, 6.45) is 0. The molecule has 0 aromatic carbocycles. The van der Waals surface area contributed by atoms with E-state index in [0.29, 0.717) is 0 Å². The third-order valence-corrected chi connectivity index (χ3v) is 4.08. The van der Waals surface area contributed by atoms with Gasteiger partial charge in [0.05, 0.1) is 0 Å². The fourth-order valence-electron chi connectivity index (χ4n) is 0.238. The number of carbonyl (C=O) groups excluding carboxylic acids is 2.